The summed E-state index contributed by atoms with van der Waals surface area (Å²) in [6.07, 6.45) is 6.20. The van der Waals surface area contributed by atoms with Crippen LogP contribution >= 0.6 is 0 Å². The maximum atomic E-state index is 6.05. The summed E-state index contributed by atoms with van der Waals surface area (Å²) in [6.45, 7) is 4.49. The van der Waals surface area contributed by atoms with Gasteiger partial charge in [0.1, 0.15) is 0 Å². The lowest BCUT2D eigenvalue weighted by molar-refractivity contribution is 0.316. The van der Waals surface area contributed by atoms with Crippen LogP contribution in [0.5, 0.6) is 0 Å². The van der Waals surface area contributed by atoms with Crippen molar-refractivity contribution in [1.29, 1.82) is 0 Å². The predicted molar refractivity (Wildman–Crippen MR) is 59.3 cm³/mol. The first-order valence-corrected chi connectivity index (χ1v) is 5.84. The highest BCUT2D eigenvalue weighted by Gasteiger charge is 2.32. The fraction of sp³-hybridized carbons (Fsp3) is 0.909. The molecule has 14 heavy (non-hydrogen) atoms. The molecule has 0 aromatic heterocycles. The third-order valence-corrected chi connectivity index (χ3v) is 3.38. The van der Waals surface area contributed by atoms with Crippen molar-refractivity contribution in [2.75, 3.05) is 0 Å². The van der Waals surface area contributed by atoms with Gasteiger partial charge in [-0.05, 0) is 39.0 Å². The Morgan fingerprint density at radius 1 is 1.36 bits per heavy atom. The molecule has 2 fully saturated rings. The Kier molecular flexibility index (Phi) is 2.66. The summed E-state index contributed by atoms with van der Waals surface area (Å²) in [7, 11) is 0. The van der Waals surface area contributed by atoms with E-state index in [0.29, 0.717) is 18.1 Å². The first kappa shape index (κ1) is 9.81. The van der Waals surface area contributed by atoms with Gasteiger partial charge in [0.15, 0.2) is 5.96 Å². The van der Waals surface area contributed by atoms with Crippen molar-refractivity contribution in [3.8, 4) is 0 Å². The number of aliphatic imine (C=N–C) groups is 1. The van der Waals surface area contributed by atoms with E-state index in [0.717, 1.165) is 5.96 Å². The van der Waals surface area contributed by atoms with Gasteiger partial charge in [0.05, 0.1) is 6.04 Å². The smallest absolute Gasteiger partial charge is 0.192 e. The molecule has 1 saturated carbocycles. The van der Waals surface area contributed by atoms with Crippen molar-refractivity contribution in [1.82, 2.24) is 4.90 Å². The third kappa shape index (κ3) is 1.86. The van der Waals surface area contributed by atoms with Gasteiger partial charge >= 0.3 is 0 Å². The minimum Gasteiger partial charge on any atom is -0.370 e. The zero-order valence-corrected chi connectivity index (χ0v) is 9.24. The Bertz CT molecular complexity index is 233. The third-order valence-electron chi connectivity index (χ3n) is 3.38. The molecule has 2 atom stereocenters. The summed E-state index contributed by atoms with van der Waals surface area (Å²) in [5.74, 6) is 0.796. The standard InChI is InChI=1S/C11H21N3/c1-3-10-7-4-8(2)14(10)11(12)13-9-5-6-9/h8-10H,3-7H2,1-2H3,(H2,12,13). The molecular weight excluding hydrogens is 174 g/mol. The van der Waals surface area contributed by atoms with Crippen LogP contribution in [0, 0.1) is 0 Å². The molecular formula is C11H21N3. The number of guanidine groups is 1. The Balaban J connectivity index is 2.05. The quantitative estimate of drug-likeness (QED) is 0.538. The van der Waals surface area contributed by atoms with Crippen molar-refractivity contribution >= 4 is 5.96 Å². The maximum absolute atomic E-state index is 6.05. The minimum atomic E-state index is 0.542. The van der Waals surface area contributed by atoms with Crippen LogP contribution in [0.15, 0.2) is 4.99 Å². The topological polar surface area (TPSA) is 41.6 Å². The summed E-state index contributed by atoms with van der Waals surface area (Å²) in [4.78, 5) is 6.87. The van der Waals surface area contributed by atoms with E-state index in [-0.39, 0.29) is 0 Å². The van der Waals surface area contributed by atoms with Gasteiger partial charge in [-0.1, -0.05) is 6.92 Å². The largest absolute Gasteiger partial charge is 0.370 e. The number of rotatable bonds is 2. The number of likely N-dealkylation sites (tertiary alicyclic amines) is 1. The summed E-state index contributed by atoms with van der Waals surface area (Å²) < 4.78 is 0. The molecule has 1 aliphatic heterocycles. The second-order valence-electron chi connectivity index (χ2n) is 4.61. The molecule has 0 aromatic carbocycles. The van der Waals surface area contributed by atoms with Gasteiger partial charge < -0.3 is 10.6 Å². The molecule has 80 valence electrons. The second kappa shape index (κ2) is 3.79. The van der Waals surface area contributed by atoms with E-state index in [1.807, 2.05) is 0 Å². The van der Waals surface area contributed by atoms with E-state index in [4.69, 9.17) is 5.73 Å². The molecule has 3 heteroatoms. The Morgan fingerprint density at radius 2 is 2.07 bits per heavy atom. The normalized spacial score (nSPS) is 33.9. The number of nitrogens with two attached hydrogens (primary N) is 1. The zero-order valence-electron chi connectivity index (χ0n) is 9.24. The van der Waals surface area contributed by atoms with Gasteiger partial charge in [0.25, 0.3) is 0 Å². The van der Waals surface area contributed by atoms with Crippen LogP contribution in [0.2, 0.25) is 0 Å². The molecule has 2 aliphatic rings. The van der Waals surface area contributed by atoms with Gasteiger partial charge in [-0.25, -0.2) is 4.99 Å². The van der Waals surface area contributed by atoms with E-state index in [1.165, 1.54) is 32.1 Å². The van der Waals surface area contributed by atoms with Crippen LogP contribution in [0.4, 0.5) is 0 Å². The van der Waals surface area contributed by atoms with Crippen molar-refractivity contribution in [3.63, 3.8) is 0 Å². The Morgan fingerprint density at radius 3 is 2.64 bits per heavy atom. The minimum absolute atomic E-state index is 0.542. The fourth-order valence-electron chi connectivity index (χ4n) is 2.34. The zero-order chi connectivity index (χ0) is 10.1. The van der Waals surface area contributed by atoms with Crippen LogP contribution < -0.4 is 5.73 Å². The highest BCUT2D eigenvalue weighted by molar-refractivity contribution is 5.79. The molecule has 2 unspecified atom stereocenters. The molecule has 0 amide bonds. The lowest BCUT2D eigenvalue weighted by atomic mass is 10.2. The molecule has 0 aromatic rings. The van der Waals surface area contributed by atoms with Gasteiger partial charge in [0, 0.05) is 12.1 Å². The number of nitrogens with zero attached hydrogens (tertiary/aromatic N) is 2. The maximum Gasteiger partial charge on any atom is 0.192 e. The van der Waals surface area contributed by atoms with Crippen LogP contribution in [0.25, 0.3) is 0 Å². The van der Waals surface area contributed by atoms with Crippen molar-refractivity contribution in [2.24, 2.45) is 10.7 Å². The van der Waals surface area contributed by atoms with Gasteiger partial charge in [0.2, 0.25) is 0 Å². The predicted octanol–water partition coefficient (Wildman–Crippen LogP) is 1.73. The van der Waals surface area contributed by atoms with Crippen molar-refractivity contribution in [3.05, 3.63) is 0 Å². The highest BCUT2D eigenvalue weighted by Crippen LogP contribution is 2.28. The Hall–Kier alpha value is -0.730. The average molecular weight is 195 g/mol. The molecule has 3 nitrogen and oxygen atoms in total. The van der Waals surface area contributed by atoms with E-state index < -0.39 is 0 Å². The fourth-order valence-corrected chi connectivity index (χ4v) is 2.34. The highest BCUT2D eigenvalue weighted by atomic mass is 15.3. The lowest BCUT2D eigenvalue weighted by Gasteiger charge is -2.28. The van der Waals surface area contributed by atoms with Gasteiger partial charge in [-0.2, -0.15) is 0 Å². The number of hydrogen-bond donors (Lipinski definition) is 1. The van der Waals surface area contributed by atoms with E-state index in [2.05, 4.69) is 23.7 Å². The molecule has 2 rings (SSSR count). The molecule has 2 N–H and O–H groups in total. The van der Waals surface area contributed by atoms with E-state index >= 15 is 0 Å². The number of hydrogen-bond acceptors (Lipinski definition) is 1. The van der Waals surface area contributed by atoms with Crippen LogP contribution in [0.1, 0.15) is 46.0 Å². The molecule has 1 saturated heterocycles. The summed E-state index contributed by atoms with van der Waals surface area (Å²) in [5, 5.41) is 0. The SMILES string of the molecule is CCC1CCC(C)N1C(N)=NC1CC1. The second-order valence-corrected chi connectivity index (χ2v) is 4.61. The molecule has 0 bridgehead atoms. The molecule has 1 heterocycles. The average Bonchev–Trinajstić information content (AvgIpc) is 2.87. The molecule has 1 aliphatic carbocycles. The van der Waals surface area contributed by atoms with Crippen LogP contribution in [-0.2, 0) is 0 Å². The van der Waals surface area contributed by atoms with Crippen molar-refractivity contribution < 1.29 is 0 Å². The molecule has 0 radical (unpaired) electrons. The summed E-state index contributed by atoms with van der Waals surface area (Å²) >= 11 is 0. The lowest BCUT2D eigenvalue weighted by Crippen LogP contribution is -2.44. The van der Waals surface area contributed by atoms with Crippen LogP contribution in [-0.4, -0.2) is 29.0 Å². The van der Waals surface area contributed by atoms with Crippen LogP contribution in [0.3, 0.4) is 0 Å². The summed E-state index contributed by atoms with van der Waals surface area (Å²) in [6, 6.07) is 1.76. The van der Waals surface area contributed by atoms with Crippen molar-refractivity contribution in [2.45, 2.75) is 64.1 Å². The first-order valence-electron chi connectivity index (χ1n) is 5.84. The van der Waals surface area contributed by atoms with E-state index in [1.54, 1.807) is 0 Å². The molecule has 0 spiro atoms. The van der Waals surface area contributed by atoms with Gasteiger partial charge in [-0.15, -0.1) is 0 Å². The van der Waals surface area contributed by atoms with Gasteiger partial charge in [-0.3, -0.25) is 0 Å². The summed E-state index contributed by atoms with van der Waals surface area (Å²) in [5.41, 5.74) is 6.05. The Labute approximate surface area is 86.4 Å². The monoisotopic (exact) mass is 195 g/mol. The van der Waals surface area contributed by atoms with E-state index in [9.17, 15) is 0 Å². The first-order chi connectivity index (χ1) is 6.72.